The monoisotopic (exact) mass is 456 g/mol. The van der Waals surface area contributed by atoms with E-state index in [0.717, 1.165) is 28.3 Å². The number of halogens is 2. The van der Waals surface area contributed by atoms with Crippen molar-refractivity contribution in [3.8, 4) is 28.7 Å². The van der Waals surface area contributed by atoms with Crippen molar-refractivity contribution in [2.75, 3.05) is 0 Å². The van der Waals surface area contributed by atoms with Crippen LogP contribution in [-0.2, 0) is 20.1 Å². The van der Waals surface area contributed by atoms with Crippen LogP contribution in [0, 0.1) is 23.0 Å². The van der Waals surface area contributed by atoms with Crippen molar-refractivity contribution in [2.45, 2.75) is 13.1 Å². The Hall–Kier alpha value is -4.51. The van der Waals surface area contributed by atoms with Crippen molar-refractivity contribution in [3.63, 3.8) is 0 Å². The largest absolute Gasteiger partial charge is 0.452 e. The molecule has 0 spiro atoms. The lowest BCUT2D eigenvalue weighted by molar-refractivity contribution is 0.0764. The first-order valence-electron chi connectivity index (χ1n) is 10.5. The molecule has 6 nitrogen and oxygen atoms in total. The van der Waals surface area contributed by atoms with Crippen LogP contribution in [0.4, 0.5) is 8.78 Å². The number of benzene rings is 3. The summed E-state index contributed by atoms with van der Waals surface area (Å²) < 4.78 is 35.2. The topological polar surface area (TPSA) is 71.2 Å². The van der Waals surface area contributed by atoms with Gasteiger partial charge in [0, 0.05) is 38.0 Å². The molecule has 0 N–H and O–H groups in total. The van der Waals surface area contributed by atoms with Gasteiger partial charge in [-0.05, 0) is 28.8 Å². The van der Waals surface area contributed by atoms with E-state index in [0.29, 0.717) is 24.7 Å². The van der Waals surface area contributed by atoms with Gasteiger partial charge in [-0.1, -0.05) is 36.4 Å². The Morgan fingerprint density at radius 1 is 1.12 bits per heavy atom. The summed E-state index contributed by atoms with van der Waals surface area (Å²) in [6.45, 7) is 0.751. The molecule has 1 aliphatic rings. The lowest BCUT2D eigenvalue weighted by Gasteiger charge is -2.16. The van der Waals surface area contributed by atoms with Gasteiger partial charge in [0.2, 0.25) is 0 Å². The van der Waals surface area contributed by atoms with E-state index in [2.05, 4.69) is 5.10 Å². The molecule has 0 fully saturated rings. The Kier molecular flexibility index (Phi) is 5.30. The molecule has 0 saturated carbocycles. The summed E-state index contributed by atoms with van der Waals surface area (Å²) in [6.07, 6.45) is 3.72. The van der Waals surface area contributed by atoms with E-state index in [4.69, 9.17) is 4.74 Å². The number of aromatic nitrogens is 2. The first-order chi connectivity index (χ1) is 16.4. The van der Waals surface area contributed by atoms with Crippen molar-refractivity contribution in [3.05, 3.63) is 101 Å². The lowest BCUT2D eigenvalue weighted by atomic mass is 10.1. The van der Waals surface area contributed by atoms with Crippen LogP contribution in [0.5, 0.6) is 11.5 Å². The van der Waals surface area contributed by atoms with Gasteiger partial charge in [0.1, 0.15) is 23.2 Å². The van der Waals surface area contributed by atoms with Gasteiger partial charge in [0.25, 0.3) is 5.91 Å². The highest BCUT2D eigenvalue weighted by Crippen LogP contribution is 2.36. The standard InChI is InChI=1S/C26H18F2N4O2/c1-31-14-20(12-30-31)17-7-5-16(6-8-17)13-32-15-18-3-2-4-23(24(18)26(32)33)34-25-19(11-29)9-21(27)10-22(25)28/h2-10,12,14H,13,15H2,1H3. The van der Waals surface area contributed by atoms with Gasteiger partial charge in [0.15, 0.2) is 11.6 Å². The summed E-state index contributed by atoms with van der Waals surface area (Å²) in [4.78, 5) is 14.9. The quantitative estimate of drug-likeness (QED) is 0.415. The van der Waals surface area contributed by atoms with Crippen LogP contribution in [0.15, 0.2) is 67.0 Å². The summed E-state index contributed by atoms with van der Waals surface area (Å²) >= 11 is 0. The van der Waals surface area contributed by atoms with Crippen LogP contribution in [0.3, 0.4) is 0 Å². The molecule has 1 aromatic heterocycles. The molecule has 0 bridgehead atoms. The molecule has 168 valence electrons. The lowest BCUT2D eigenvalue weighted by Crippen LogP contribution is -2.23. The Morgan fingerprint density at radius 3 is 2.62 bits per heavy atom. The number of amides is 1. The second-order valence-corrected chi connectivity index (χ2v) is 8.03. The fraction of sp³-hybridized carbons (Fsp3) is 0.115. The van der Waals surface area contributed by atoms with E-state index in [1.807, 2.05) is 37.5 Å². The molecule has 3 aromatic carbocycles. The van der Waals surface area contributed by atoms with Crippen molar-refractivity contribution >= 4 is 5.91 Å². The molecule has 0 aliphatic carbocycles. The molecule has 4 aromatic rings. The van der Waals surface area contributed by atoms with Crippen LogP contribution < -0.4 is 4.74 Å². The van der Waals surface area contributed by atoms with Crippen molar-refractivity contribution in [1.82, 2.24) is 14.7 Å². The number of nitrogens with zero attached hydrogens (tertiary/aromatic N) is 4. The minimum atomic E-state index is -1.01. The summed E-state index contributed by atoms with van der Waals surface area (Å²) in [5, 5.41) is 13.4. The highest BCUT2D eigenvalue weighted by atomic mass is 19.1. The maximum Gasteiger partial charge on any atom is 0.258 e. The van der Waals surface area contributed by atoms with Crippen LogP contribution in [0.1, 0.15) is 27.0 Å². The number of ether oxygens (including phenoxy) is 1. The molecule has 1 amide bonds. The average molecular weight is 456 g/mol. The highest BCUT2D eigenvalue weighted by molar-refractivity contribution is 6.01. The zero-order valence-electron chi connectivity index (χ0n) is 18.1. The second kappa shape index (κ2) is 8.45. The van der Waals surface area contributed by atoms with E-state index >= 15 is 0 Å². The Bertz CT molecular complexity index is 1450. The normalized spacial score (nSPS) is 12.5. The summed E-state index contributed by atoms with van der Waals surface area (Å²) in [6, 6.07) is 16.2. The van der Waals surface area contributed by atoms with Crippen molar-refractivity contribution in [1.29, 1.82) is 5.26 Å². The molecule has 0 radical (unpaired) electrons. The van der Waals surface area contributed by atoms with Crippen LogP contribution >= 0.6 is 0 Å². The third-order valence-electron chi connectivity index (χ3n) is 5.68. The van der Waals surface area contributed by atoms with Gasteiger partial charge in [-0.2, -0.15) is 10.4 Å². The fourth-order valence-corrected chi connectivity index (χ4v) is 4.05. The summed E-state index contributed by atoms with van der Waals surface area (Å²) in [7, 11) is 1.86. The molecule has 2 heterocycles. The molecule has 5 rings (SSSR count). The van der Waals surface area contributed by atoms with Crippen LogP contribution in [0.25, 0.3) is 11.1 Å². The first-order valence-corrected chi connectivity index (χ1v) is 10.5. The number of carbonyl (C=O) groups is 1. The molecule has 1 aliphatic heterocycles. The van der Waals surface area contributed by atoms with Gasteiger partial charge in [-0.25, -0.2) is 8.78 Å². The number of rotatable bonds is 5. The van der Waals surface area contributed by atoms with Gasteiger partial charge >= 0.3 is 0 Å². The molecule has 34 heavy (non-hydrogen) atoms. The van der Waals surface area contributed by atoms with E-state index < -0.39 is 17.4 Å². The van der Waals surface area contributed by atoms with E-state index in [1.165, 1.54) is 6.07 Å². The maximum absolute atomic E-state index is 14.3. The number of nitriles is 1. The van der Waals surface area contributed by atoms with E-state index in [9.17, 15) is 18.8 Å². The van der Waals surface area contributed by atoms with Crippen LogP contribution in [-0.4, -0.2) is 20.6 Å². The Morgan fingerprint density at radius 2 is 1.91 bits per heavy atom. The number of hydrogen-bond donors (Lipinski definition) is 0. The molecule has 8 heteroatoms. The Labute approximate surface area is 194 Å². The third-order valence-corrected chi connectivity index (χ3v) is 5.68. The Balaban J connectivity index is 1.38. The van der Waals surface area contributed by atoms with Gasteiger partial charge < -0.3 is 9.64 Å². The van der Waals surface area contributed by atoms with Crippen molar-refractivity contribution in [2.24, 2.45) is 7.05 Å². The number of carbonyl (C=O) groups excluding carboxylic acids is 1. The minimum absolute atomic E-state index is 0.124. The average Bonchev–Trinajstić information content (AvgIpc) is 3.39. The van der Waals surface area contributed by atoms with E-state index in [1.54, 1.807) is 34.0 Å². The third kappa shape index (κ3) is 3.88. The van der Waals surface area contributed by atoms with Gasteiger partial charge in [-0.3, -0.25) is 9.48 Å². The highest BCUT2D eigenvalue weighted by Gasteiger charge is 2.31. The fourth-order valence-electron chi connectivity index (χ4n) is 4.05. The summed E-state index contributed by atoms with van der Waals surface area (Å²) in [5.41, 5.74) is 3.74. The van der Waals surface area contributed by atoms with Crippen LogP contribution in [0.2, 0.25) is 0 Å². The zero-order valence-corrected chi connectivity index (χ0v) is 18.1. The maximum atomic E-state index is 14.3. The number of fused-ring (bicyclic) bond motifs is 1. The summed E-state index contributed by atoms with van der Waals surface area (Å²) in [5.74, 6) is -2.43. The zero-order chi connectivity index (χ0) is 23.8. The van der Waals surface area contributed by atoms with Gasteiger partial charge in [-0.15, -0.1) is 0 Å². The van der Waals surface area contributed by atoms with Crippen molar-refractivity contribution < 1.29 is 18.3 Å². The number of aryl methyl sites for hydroxylation is 1. The number of hydrogen-bond acceptors (Lipinski definition) is 4. The predicted molar refractivity (Wildman–Crippen MR) is 120 cm³/mol. The van der Waals surface area contributed by atoms with E-state index in [-0.39, 0.29) is 17.2 Å². The molecule has 0 unspecified atom stereocenters. The minimum Gasteiger partial charge on any atom is -0.452 e. The van der Waals surface area contributed by atoms with Gasteiger partial charge in [0.05, 0.1) is 11.8 Å². The molecule has 0 atom stereocenters. The molecule has 0 saturated heterocycles. The predicted octanol–water partition coefficient (Wildman–Crippen LogP) is 5.19. The smallest absolute Gasteiger partial charge is 0.258 e. The first kappa shape index (κ1) is 21.3. The molecular weight excluding hydrogens is 438 g/mol. The SMILES string of the molecule is Cn1cc(-c2ccc(CN3Cc4cccc(Oc5c(F)cc(F)cc5C#N)c4C3=O)cc2)cn1. The second-order valence-electron chi connectivity index (χ2n) is 8.03. The molecular formula is C26H18F2N4O2.